The molecule has 0 spiro atoms. The van der Waals surface area contributed by atoms with Crippen LogP contribution in [0, 0.1) is 5.92 Å². The standard InChI is InChI=1S/C29H45NO10/c1-7-10-15-35-28(33)39-24-14-13-22(18-25(24)40-29(34)36-16-11-8-2)17-23(30)27(32)38-21(6)20(5)37-26(31)19(4)12-9-3/h13-14,18-21,23H,7-12,15-17,30H2,1-6H3/t19?,20-,21-,23-/m0/s1. The third-order valence-corrected chi connectivity index (χ3v) is 5.98. The van der Waals surface area contributed by atoms with Gasteiger partial charge in [0.15, 0.2) is 11.5 Å². The van der Waals surface area contributed by atoms with Crippen LogP contribution in [0.3, 0.4) is 0 Å². The molecule has 11 nitrogen and oxygen atoms in total. The van der Waals surface area contributed by atoms with Gasteiger partial charge in [0, 0.05) is 0 Å². The third-order valence-electron chi connectivity index (χ3n) is 5.98. The van der Waals surface area contributed by atoms with Crippen molar-refractivity contribution in [1.29, 1.82) is 0 Å². The van der Waals surface area contributed by atoms with E-state index in [2.05, 4.69) is 0 Å². The lowest BCUT2D eigenvalue weighted by molar-refractivity contribution is -0.168. The van der Waals surface area contributed by atoms with E-state index in [1.807, 2.05) is 20.8 Å². The summed E-state index contributed by atoms with van der Waals surface area (Å²) in [6.07, 6.45) is 1.29. The Morgan fingerprint density at radius 2 is 1.27 bits per heavy atom. The fraction of sp³-hybridized carbons (Fsp3) is 0.655. The van der Waals surface area contributed by atoms with Crippen molar-refractivity contribution in [2.24, 2.45) is 11.7 Å². The van der Waals surface area contributed by atoms with Gasteiger partial charge >= 0.3 is 24.2 Å². The smallest absolute Gasteiger partial charge is 0.459 e. The summed E-state index contributed by atoms with van der Waals surface area (Å²) in [6.45, 7) is 11.3. The van der Waals surface area contributed by atoms with Crippen LogP contribution in [0.1, 0.15) is 85.6 Å². The minimum Gasteiger partial charge on any atom is -0.459 e. The molecule has 0 aliphatic heterocycles. The van der Waals surface area contributed by atoms with Crippen LogP contribution in [0.25, 0.3) is 0 Å². The number of carbonyl (C=O) groups excluding carboxylic acids is 4. The Morgan fingerprint density at radius 1 is 0.750 bits per heavy atom. The second-order valence-corrected chi connectivity index (χ2v) is 9.67. The van der Waals surface area contributed by atoms with E-state index in [-0.39, 0.29) is 43.0 Å². The highest BCUT2D eigenvalue weighted by Gasteiger charge is 2.26. The maximum Gasteiger partial charge on any atom is 0.513 e. The van der Waals surface area contributed by atoms with Gasteiger partial charge in [0.2, 0.25) is 0 Å². The quantitative estimate of drug-likeness (QED) is 0.110. The number of hydrogen-bond donors (Lipinski definition) is 1. The number of hydrogen-bond acceptors (Lipinski definition) is 11. The summed E-state index contributed by atoms with van der Waals surface area (Å²) >= 11 is 0. The SMILES string of the molecule is CCCCOC(=O)Oc1ccc(C[C@H](N)C(=O)O[C@@H](C)[C@H](C)OC(=O)C(C)CCC)cc1OC(=O)OCCCC. The maximum atomic E-state index is 12.7. The van der Waals surface area contributed by atoms with Gasteiger partial charge in [-0.05, 0) is 57.2 Å². The fourth-order valence-electron chi connectivity index (χ4n) is 3.33. The van der Waals surface area contributed by atoms with Crippen LogP contribution in [-0.2, 0) is 35.0 Å². The average molecular weight is 568 g/mol. The van der Waals surface area contributed by atoms with Crippen LogP contribution in [0.5, 0.6) is 11.5 Å². The highest BCUT2D eigenvalue weighted by atomic mass is 16.7. The highest BCUT2D eigenvalue weighted by molar-refractivity contribution is 5.76. The first-order valence-corrected chi connectivity index (χ1v) is 14.0. The van der Waals surface area contributed by atoms with Crippen LogP contribution in [-0.4, -0.2) is 55.7 Å². The molecule has 11 heteroatoms. The lowest BCUT2D eigenvalue weighted by Crippen LogP contribution is -2.40. The summed E-state index contributed by atoms with van der Waals surface area (Å²) in [7, 11) is 0. The van der Waals surface area contributed by atoms with Crippen molar-refractivity contribution in [3.05, 3.63) is 23.8 Å². The second-order valence-electron chi connectivity index (χ2n) is 9.67. The minimum atomic E-state index is -1.07. The van der Waals surface area contributed by atoms with Crippen LogP contribution in [0.2, 0.25) is 0 Å². The Morgan fingerprint density at radius 3 is 1.80 bits per heavy atom. The number of benzene rings is 1. The summed E-state index contributed by atoms with van der Waals surface area (Å²) < 4.78 is 31.4. The van der Waals surface area contributed by atoms with Crippen molar-refractivity contribution < 1.29 is 47.6 Å². The fourth-order valence-corrected chi connectivity index (χ4v) is 3.33. The van der Waals surface area contributed by atoms with Crippen molar-refractivity contribution in [3.63, 3.8) is 0 Å². The first-order chi connectivity index (χ1) is 19.0. The molecule has 0 aromatic heterocycles. The average Bonchev–Trinajstić information content (AvgIpc) is 2.90. The van der Waals surface area contributed by atoms with E-state index in [0.29, 0.717) is 24.8 Å². The molecule has 0 amide bonds. The molecule has 0 heterocycles. The zero-order valence-corrected chi connectivity index (χ0v) is 24.6. The Balaban J connectivity index is 2.88. The van der Waals surface area contributed by atoms with Crippen LogP contribution in [0.4, 0.5) is 9.59 Å². The molecule has 1 aromatic carbocycles. The zero-order chi connectivity index (χ0) is 30.1. The normalized spacial score (nSPS) is 13.8. The number of rotatable bonds is 17. The van der Waals surface area contributed by atoms with E-state index in [0.717, 1.165) is 19.3 Å². The van der Waals surface area contributed by atoms with Gasteiger partial charge in [-0.2, -0.15) is 0 Å². The van der Waals surface area contributed by atoms with Gasteiger partial charge in [-0.3, -0.25) is 9.59 Å². The maximum absolute atomic E-state index is 12.7. The molecule has 2 N–H and O–H groups in total. The molecule has 0 saturated carbocycles. The molecule has 1 aromatic rings. The largest absolute Gasteiger partial charge is 0.513 e. The van der Waals surface area contributed by atoms with Crippen molar-refractivity contribution in [3.8, 4) is 11.5 Å². The molecular weight excluding hydrogens is 522 g/mol. The van der Waals surface area contributed by atoms with Crippen LogP contribution in [0.15, 0.2) is 18.2 Å². The number of esters is 2. The molecule has 0 bridgehead atoms. The monoisotopic (exact) mass is 567 g/mol. The lowest BCUT2D eigenvalue weighted by Gasteiger charge is -2.23. The summed E-state index contributed by atoms with van der Waals surface area (Å²) in [5.41, 5.74) is 6.59. The van der Waals surface area contributed by atoms with Gasteiger partial charge in [0.1, 0.15) is 18.2 Å². The summed E-state index contributed by atoms with van der Waals surface area (Å²) in [4.78, 5) is 49.1. The molecule has 0 aliphatic carbocycles. The summed E-state index contributed by atoms with van der Waals surface area (Å²) in [5, 5.41) is 0. The zero-order valence-electron chi connectivity index (χ0n) is 24.6. The first-order valence-electron chi connectivity index (χ1n) is 14.0. The molecule has 0 saturated heterocycles. The van der Waals surface area contributed by atoms with E-state index in [1.165, 1.54) is 12.1 Å². The van der Waals surface area contributed by atoms with Gasteiger partial charge in [0.05, 0.1) is 19.1 Å². The summed E-state index contributed by atoms with van der Waals surface area (Å²) in [6, 6.07) is 3.33. The van der Waals surface area contributed by atoms with Gasteiger partial charge < -0.3 is 34.2 Å². The van der Waals surface area contributed by atoms with E-state index >= 15 is 0 Å². The van der Waals surface area contributed by atoms with Gasteiger partial charge in [-0.25, -0.2) is 9.59 Å². The van der Waals surface area contributed by atoms with Gasteiger partial charge in [-0.15, -0.1) is 0 Å². The summed E-state index contributed by atoms with van der Waals surface area (Å²) in [5.74, 6) is -1.45. The molecule has 226 valence electrons. The van der Waals surface area contributed by atoms with E-state index in [1.54, 1.807) is 26.8 Å². The number of unbranched alkanes of at least 4 members (excludes halogenated alkanes) is 2. The van der Waals surface area contributed by atoms with Gasteiger partial charge in [0.25, 0.3) is 0 Å². The molecule has 1 unspecified atom stereocenters. The van der Waals surface area contributed by atoms with Crippen molar-refractivity contribution in [2.45, 2.75) is 105 Å². The van der Waals surface area contributed by atoms with Crippen LogP contribution >= 0.6 is 0 Å². The molecule has 1 rings (SSSR count). The predicted molar refractivity (Wildman–Crippen MR) is 147 cm³/mol. The lowest BCUT2D eigenvalue weighted by atomic mass is 10.1. The molecule has 0 aliphatic rings. The second kappa shape index (κ2) is 18.9. The Kier molecular flexibility index (Phi) is 16.4. The number of ether oxygens (including phenoxy) is 6. The Bertz CT molecular complexity index is 951. The number of nitrogens with two attached hydrogens (primary N) is 1. The molecular formula is C29H45NO10. The molecule has 4 atom stereocenters. The first kappa shape index (κ1) is 34.7. The number of carbonyl (C=O) groups is 4. The highest BCUT2D eigenvalue weighted by Crippen LogP contribution is 2.30. The van der Waals surface area contributed by atoms with Crippen molar-refractivity contribution >= 4 is 24.2 Å². The third kappa shape index (κ3) is 13.1. The Labute approximate surface area is 236 Å². The molecule has 0 radical (unpaired) electrons. The van der Waals surface area contributed by atoms with E-state index in [9.17, 15) is 19.2 Å². The van der Waals surface area contributed by atoms with Gasteiger partial charge in [-0.1, -0.05) is 53.0 Å². The Hall–Kier alpha value is -3.34. The minimum absolute atomic E-state index is 0.0235. The van der Waals surface area contributed by atoms with Crippen molar-refractivity contribution in [2.75, 3.05) is 13.2 Å². The molecule has 0 fully saturated rings. The molecule has 40 heavy (non-hydrogen) atoms. The predicted octanol–water partition coefficient (Wildman–Crippen LogP) is 5.49. The van der Waals surface area contributed by atoms with Crippen LogP contribution < -0.4 is 15.2 Å². The van der Waals surface area contributed by atoms with E-state index < -0.39 is 36.5 Å². The topological polar surface area (TPSA) is 150 Å². The van der Waals surface area contributed by atoms with Crippen molar-refractivity contribution in [1.82, 2.24) is 0 Å². The van der Waals surface area contributed by atoms with E-state index in [4.69, 9.17) is 34.2 Å².